The first kappa shape index (κ1) is 21.4. The van der Waals surface area contributed by atoms with Crippen LogP contribution in [0.5, 0.6) is 0 Å². The van der Waals surface area contributed by atoms with Gasteiger partial charge in [-0.05, 0) is 56.3 Å². The smallest absolute Gasteiger partial charge is 0.338 e. The fourth-order valence-corrected chi connectivity index (χ4v) is 3.65. The predicted molar refractivity (Wildman–Crippen MR) is 115 cm³/mol. The molecule has 0 spiro atoms. The predicted octanol–water partition coefficient (Wildman–Crippen LogP) is 2.22. The maximum absolute atomic E-state index is 12.4. The zero-order chi connectivity index (χ0) is 22.7. The van der Waals surface area contributed by atoms with E-state index >= 15 is 0 Å². The van der Waals surface area contributed by atoms with Gasteiger partial charge in [0.1, 0.15) is 0 Å². The van der Waals surface area contributed by atoms with Crippen LogP contribution in [0.3, 0.4) is 0 Å². The van der Waals surface area contributed by atoms with Crippen molar-refractivity contribution in [2.75, 3.05) is 32.8 Å². The van der Waals surface area contributed by atoms with Gasteiger partial charge in [0, 0.05) is 31.9 Å². The Kier molecular flexibility index (Phi) is 6.07. The first-order valence-electron chi connectivity index (χ1n) is 10.3. The van der Waals surface area contributed by atoms with Gasteiger partial charge in [-0.3, -0.25) is 9.59 Å². The molecule has 1 aliphatic rings. The number of aryl methyl sites for hydroxylation is 2. The SMILES string of the molecule is Cc1cc(C)n(-c2ccc(C(=O)OCC(=O)N3CCN(C(=O)c4ccco4)CC3)cc2)n1. The van der Waals surface area contributed by atoms with Crippen LogP contribution in [0.4, 0.5) is 0 Å². The molecule has 4 rings (SSSR count). The molecule has 0 radical (unpaired) electrons. The molecule has 9 nitrogen and oxygen atoms in total. The molecule has 0 saturated carbocycles. The lowest BCUT2D eigenvalue weighted by molar-refractivity contribution is -0.136. The van der Waals surface area contributed by atoms with Gasteiger partial charge in [-0.25, -0.2) is 9.48 Å². The summed E-state index contributed by atoms with van der Waals surface area (Å²) in [6.45, 7) is 5.08. The number of hydrogen-bond acceptors (Lipinski definition) is 6. The van der Waals surface area contributed by atoms with Crippen molar-refractivity contribution in [3.8, 4) is 5.69 Å². The average molecular weight is 436 g/mol. The molecule has 0 N–H and O–H groups in total. The summed E-state index contributed by atoms with van der Waals surface area (Å²) in [6.07, 6.45) is 1.45. The van der Waals surface area contributed by atoms with E-state index in [1.54, 1.807) is 50.9 Å². The highest BCUT2D eigenvalue weighted by Crippen LogP contribution is 2.14. The minimum atomic E-state index is -0.565. The van der Waals surface area contributed by atoms with E-state index in [0.717, 1.165) is 17.1 Å². The van der Waals surface area contributed by atoms with Crippen LogP contribution in [0.15, 0.2) is 53.1 Å². The number of amides is 2. The summed E-state index contributed by atoms with van der Waals surface area (Å²) in [4.78, 5) is 40.3. The molecule has 1 aromatic carbocycles. The van der Waals surface area contributed by atoms with Gasteiger partial charge in [-0.2, -0.15) is 5.10 Å². The number of rotatable bonds is 5. The number of carbonyl (C=O) groups excluding carboxylic acids is 3. The van der Waals surface area contributed by atoms with Crippen molar-refractivity contribution < 1.29 is 23.5 Å². The van der Waals surface area contributed by atoms with Gasteiger partial charge in [-0.1, -0.05) is 0 Å². The van der Waals surface area contributed by atoms with E-state index in [4.69, 9.17) is 9.15 Å². The molecular weight excluding hydrogens is 412 g/mol. The Hall–Kier alpha value is -3.88. The molecule has 1 aliphatic heterocycles. The second-order valence-corrected chi connectivity index (χ2v) is 7.61. The molecule has 0 unspecified atom stereocenters. The number of aromatic nitrogens is 2. The molecule has 2 amide bonds. The standard InChI is InChI=1S/C23H24N4O5/c1-16-14-17(2)27(24-16)19-7-5-18(6-8-19)23(30)32-15-21(28)25-9-11-26(12-10-25)22(29)20-4-3-13-31-20/h3-8,13-14H,9-12,15H2,1-2H3. The van der Waals surface area contributed by atoms with E-state index in [2.05, 4.69) is 5.10 Å². The first-order chi connectivity index (χ1) is 15.4. The number of furan rings is 1. The fourth-order valence-electron chi connectivity index (χ4n) is 3.65. The van der Waals surface area contributed by atoms with Crippen molar-refractivity contribution in [2.24, 2.45) is 0 Å². The normalized spacial score (nSPS) is 13.8. The van der Waals surface area contributed by atoms with Gasteiger partial charge in [0.15, 0.2) is 12.4 Å². The molecule has 32 heavy (non-hydrogen) atoms. The van der Waals surface area contributed by atoms with E-state index in [1.807, 2.05) is 19.9 Å². The lowest BCUT2D eigenvalue weighted by Crippen LogP contribution is -2.51. The van der Waals surface area contributed by atoms with Gasteiger partial charge in [0.25, 0.3) is 11.8 Å². The molecule has 3 aromatic rings. The van der Waals surface area contributed by atoms with Gasteiger partial charge in [0.05, 0.1) is 23.2 Å². The second-order valence-electron chi connectivity index (χ2n) is 7.61. The maximum Gasteiger partial charge on any atom is 0.338 e. The zero-order valence-electron chi connectivity index (χ0n) is 18.0. The third-order valence-corrected chi connectivity index (χ3v) is 5.34. The Bertz CT molecular complexity index is 1110. The highest BCUT2D eigenvalue weighted by molar-refractivity contribution is 5.92. The van der Waals surface area contributed by atoms with Crippen molar-refractivity contribution in [1.82, 2.24) is 19.6 Å². The number of piperazine rings is 1. The molecule has 0 atom stereocenters. The highest BCUT2D eigenvalue weighted by atomic mass is 16.5. The van der Waals surface area contributed by atoms with Crippen molar-refractivity contribution >= 4 is 17.8 Å². The third-order valence-electron chi connectivity index (χ3n) is 5.34. The van der Waals surface area contributed by atoms with Crippen LogP contribution < -0.4 is 0 Å². The molecule has 3 heterocycles. The summed E-state index contributed by atoms with van der Waals surface area (Å²) >= 11 is 0. The molecular formula is C23H24N4O5. The molecule has 1 saturated heterocycles. The Labute approximate surface area is 185 Å². The largest absolute Gasteiger partial charge is 0.459 e. The topological polar surface area (TPSA) is 97.9 Å². The Morgan fingerprint density at radius 3 is 2.28 bits per heavy atom. The van der Waals surface area contributed by atoms with Crippen LogP contribution in [0.1, 0.15) is 32.3 Å². The Morgan fingerprint density at radius 1 is 1.00 bits per heavy atom. The van der Waals surface area contributed by atoms with Crippen molar-refractivity contribution in [3.05, 3.63) is 71.4 Å². The molecule has 9 heteroatoms. The number of carbonyl (C=O) groups is 3. The number of hydrogen-bond donors (Lipinski definition) is 0. The van der Waals surface area contributed by atoms with Crippen LogP contribution in [0, 0.1) is 13.8 Å². The lowest BCUT2D eigenvalue weighted by atomic mass is 10.2. The Morgan fingerprint density at radius 2 is 1.69 bits per heavy atom. The minimum absolute atomic E-state index is 0.197. The van der Waals surface area contributed by atoms with Crippen LogP contribution in [0.2, 0.25) is 0 Å². The van der Waals surface area contributed by atoms with Gasteiger partial charge < -0.3 is 19.0 Å². The number of ether oxygens (including phenoxy) is 1. The van der Waals surface area contributed by atoms with Gasteiger partial charge in [-0.15, -0.1) is 0 Å². The van der Waals surface area contributed by atoms with Crippen molar-refractivity contribution in [2.45, 2.75) is 13.8 Å². The summed E-state index contributed by atoms with van der Waals surface area (Å²) in [5.41, 5.74) is 3.10. The monoisotopic (exact) mass is 436 g/mol. The third kappa shape index (κ3) is 4.56. The quantitative estimate of drug-likeness (QED) is 0.569. The van der Waals surface area contributed by atoms with E-state index in [1.165, 1.54) is 6.26 Å². The summed E-state index contributed by atoms with van der Waals surface area (Å²) in [5.74, 6) is -0.771. The first-order valence-corrected chi connectivity index (χ1v) is 10.3. The van der Waals surface area contributed by atoms with Crippen molar-refractivity contribution in [1.29, 1.82) is 0 Å². The molecule has 0 aliphatic carbocycles. The number of benzene rings is 1. The van der Waals surface area contributed by atoms with E-state index in [-0.39, 0.29) is 24.2 Å². The van der Waals surface area contributed by atoms with Crippen molar-refractivity contribution in [3.63, 3.8) is 0 Å². The fraction of sp³-hybridized carbons (Fsp3) is 0.304. The number of esters is 1. The van der Waals surface area contributed by atoms with Crippen LogP contribution in [0.25, 0.3) is 5.69 Å². The second kappa shape index (κ2) is 9.09. The van der Waals surface area contributed by atoms with Gasteiger partial charge in [0.2, 0.25) is 0 Å². The maximum atomic E-state index is 12.4. The lowest BCUT2D eigenvalue weighted by Gasteiger charge is -2.34. The summed E-state index contributed by atoms with van der Waals surface area (Å²) in [6, 6.07) is 12.1. The molecule has 0 bridgehead atoms. The summed E-state index contributed by atoms with van der Waals surface area (Å²) in [5, 5.41) is 4.42. The van der Waals surface area contributed by atoms with Gasteiger partial charge >= 0.3 is 5.97 Å². The summed E-state index contributed by atoms with van der Waals surface area (Å²) < 4.78 is 12.1. The Balaban J connectivity index is 1.26. The van der Waals surface area contributed by atoms with Crippen LogP contribution in [-0.2, 0) is 9.53 Å². The van der Waals surface area contributed by atoms with Crippen LogP contribution in [-0.4, -0.2) is 70.1 Å². The number of nitrogens with zero attached hydrogens (tertiary/aromatic N) is 4. The molecule has 2 aromatic heterocycles. The zero-order valence-corrected chi connectivity index (χ0v) is 18.0. The van der Waals surface area contributed by atoms with Crippen LogP contribution >= 0.6 is 0 Å². The minimum Gasteiger partial charge on any atom is -0.459 e. The van der Waals surface area contributed by atoms with E-state index in [9.17, 15) is 14.4 Å². The average Bonchev–Trinajstić information content (AvgIpc) is 3.46. The molecule has 166 valence electrons. The summed E-state index contributed by atoms with van der Waals surface area (Å²) in [7, 11) is 0. The van der Waals surface area contributed by atoms with E-state index < -0.39 is 5.97 Å². The highest BCUT2D eigenvalue weighted by Gasteiger charge is 2.26. The van der Waals surface area contributed by atoms with E-state index in [0.29, 0.717) is 31.7 Å². The molecule has 1 fully saturated rings.